The van der Waals surface area contributed by atoms with E-state index in [1.165, 1.54) is 4.88 Å². The summed E-state index contributed by atoms with van der Waals surface area (Å²) >= 11 is 13.5. The molecular weight excluding hydrogens is 365 g/mol. The predicted octanol–water partition coefficient (Wildman–Crippen LogP) is 4.08. The van der Waals surface area contributed by atoms with Crippen molar-refractivity contribution in [1.29, 1.82) is 0 Å². The maximum Gasteiger partial charge on any atom is 0.317 e. The molecule has 1 N–H and O–H groups in total. The summed E-state index contributed by atoms with van der Waals surface area (Å²) in [7, 11) is 0. The van der Waals surface area contributed by atoms with Gasteiger partial charge in [-0.05, 0) is 29.8 Å². The Kier molecular flexibility index (Phi) is 6.00. The first-order valence-corrected chi connectivity index (χ1v) is 9.41. The van der Waals surface area contributed by atoms with E-state index in [-0.39, 0.29) is 6.03 Å². The lowest BCUT2D eigenvalue weighted by atomic mass is 10.2. The van der Waals surface area contributed by atoms with Gasteiger partial charge in [0.15, 0.2) is 0 Å². The topological polar surface area (TPSA) is 35.6 Å². The minimum Gasteiger partial charge on any atom is -0.334 e. The van der Waals surface area contributed by atoms with Gasteiger partial charge in [0.05, 0.1) is 4.34 Å². The monoisotopic (exact) mass is 383 g/mol. The van der Waals surface area contributed by atoms with Crippen molar-refractivity contribution in [3.05, 3.63) is 56.2 Å². The molecule has 1 aliphatic rings. The summed E-state index contributed by atoms with van der Waals surface area (Å²) < 4.78 is 0.823. The van der Waals surface area contributed by atoms with Gasteiger partial charge in [-0.3, -0.25) is 4.90 Å². The first-order valence-electron chi connectivity index (χ1n) is 7.84. The minimum absolute atomic E-state index is 0.0196. The lowest BCUT2D eigenvalue weighted by Crippen LogP contribution is -2.51. The lowest BCUT2D eigenvalue weighted by molar-refractivity contribution is 0.135. The van der Waals surface area contributed by atoms with E-state index in [1.54, 1.807) is 11.3 Å². The van der Waals surface area contributed by atoms with Gasteiger partial charge >= 0.3 is 6.03 Å². The molecule has 1 aromatic heterocycles. The van der Waals surface area contributed by atoms with Crippen molar-refractivity contribution in [1.82, 2.24) is 15.1 Å². The fourth-order valence-electron chi connectivity index (χ4n) is 2.70. The number of hydrogen-bond acceptors (Lipinski definition) is 3. The first-order chi connectivity index (χ1) is 11.6. The van der Waals surface area contributed by atoms with E-state index in [9.17, 15) is 4.79 Å². The predicted molar refractivity (Wildman–Crippen MR) is 99.9 cm³/mol. The molecule has 0 bridgehead atoms. The molecule has 0 unspecified atom stereocenters. The van der Waals surface area contributed by atoms with Crippen LogP contribution in [-0.2, 0) is 13.1 Å². The summed E-state index contributed by atoms with van der Waals surface area (Å²) in [6.45, 7) is 4.61. The molecule has 1 aliphatic heterocycles. The quantitative estimate of drug-likeness (QED) is 0.862. The van der Waals surface area contributed by atoms with Crippen LogP contribution in [0.1, 0.15) is 10.4 Å². The summed E-state index contributed by atoms with van der Waals surface area (Å²) in [5.74, 6) is 0. The van der Waals surface area contributed by atoms with Gasteiger partial charge in [0.25, 0.3) is 0 Å². The number of amides is 2. The normalized spacial score (nSPS) is 15.5. The van der Waals surface area contributed by atoms with Crippen LogP contribution >= 0.6 is 34.5 Å². The first kappa shape index (κ1) is 17.5. The SMILES string of the molecule is O=C(NCc1cccc(Cl)c1)N1CCN(Cc2ccc(Cl)s2)CC1. The van der Waals surface area contributed by atoms with Crippen molar-refractivity contribution < 1.29 is 4.79 Å². The number of nitrogens with zero attached hydrogens (tertiary/aromatic N) is 2. The second-order valence-corrected chi connectivity index (χ2v) is 7.99. The van der Waals surface area contributed by atoms with Gasteiger partial charge in [-0.25, -0.2) is 4.79 Å². The number of carbonyl (C=O) groups is 1. The van der Waals surface area contributed by atoms with Crippen molar-refractivity contribution >= 4 is 40.6 Å². The van der Waals surface area contributed by atoms with Gasteiger partial charge in [-0.1, -0.05) is 35.3 Å². The van der Waals surface area contributed by atoms with E-state index in [4.69, 9.17) is 23.2 Å². The summed E-state index contributed by atoms with van der Waals surface area (Å²) in [4.78, 5) is 17.7. The Labute approximate surface area is 156 Å². The number of rotatable bonds is 4. The highest BCUT2D eigenvalue weighted by atomic mass is 35.5. The summed E-state index contributed by atoms with van der Waals surface area (Å²) in [5.41, 5.74) is 1.00. The minimum atomic E-state index is -0.0196. The summed E-state index contributed by atoms with van der Waals surface area (Å²) in [5, 5.41) is 3.64. The second kappa shape index (κ2) is 8.21. The van der Waals surface area contributed by atoms with Crippen LogP contribution in [0.4, 0.5) is 4.79 Å². The summed E-state index contributed by atoms with van der Waals surface area (Å²) in [6, 6.07) is 11.5. The molecule has 1 saturated heterocycles. The highest BCUT2D eigenvalue weighted by Gasteiger charge is 2.21. The van der Waals surface area contributed by atoms with E-state index in [1.807, 2.05) is 35.2 Å². The fourth-order valence-corrected chi connectivity index (χ4v) is 4.05. The number of benzene rings is 1. The Morgan fingerprint density at radius 3 is 2.58 bits per heavy atom. The molecule has 2 aromatic rings. The van der Waals surface area contributed by atoms with Crippen LogP contribution in [0.25, 0.3) is 0 Å². The van der Waals surface area contributed by atoms with Crippen LogP contribution in [0, 0.1) is 0 Å². The molecule has 0 saturated carbocycles. The van der Waals surface area contributed by atoms with E-state index < -0.39 is 0 Å². The van der Waals surface area contributed by atoms with Crippen LogP contribution in [0.15, 0.2) is 36.4 Å². The number of hydrogen-bond donors (Lipinski definition) is 1. The molecule has 4 nitrogen and oxygen atoms in total. The lowest BCUT2D eigenvalue weighted by Gasteiger charge is -2.34. The molecule has 128 valence electrons. The van der Waals surface area contributed by atoms with Crippen LogP contribution < -0.4 is 5.32 Å². The number of halogens is 2. The molecule has 0 radical (unpaired) electrons. The van der Waals surface area contributed by atoms with Gasteiger partial charge in [-0.15, -0.1) is 11.3 Å². The number of piperazine rings is 1. The largest absolute Gasteiger partial charge is 0.334 e. The Hall–Kier alpha value is -1.27. The Balaban J connectivity index is 1.43. The number of nitrogens with one attached hydrogen (secondary N) is 1. The molecule has 24 heavy (non-hydrogen) atoms. The second-order valence-electron chi connectivity index (χ2n) is 5.76. The molecule has 1 aromatic carbocycles. The van der Waals surface area contributed by atoms with Crippen molar-refractivity contribution in [2.75, 3.05) is 26.2 Å². The zero-order valence-corrected chi connectivity index (χ0v) is 15.5. The maximum absolute atomic E-state index is 12.3. The standard InChI is InChI=1S/C17H19Cl2N3OS/c18-14-3-1-2-13(10-14)11-20-17(23)22-8-6-21(7-9-22)12-15-4-5-16(19)24-15/h1-5,10H,6-9,11-12H2,(H,20,23). The smallest absolute Gasteiger partial charge is 0.317 e. The molecule has 2 heterocycles. The van der Waals surface area contributed by atoms with Gasteiger partial charge in [-0.2, -0.15) is 0 Å². The number of urea groups is 1. The zero-order valence-electron chi connectivity index (χ0n) is 13.2. The number of thiophene rings is 1. The highest BCUT2D eigenvalue weighted by Crippen LogP contribution is 2.23. The molecule has 0 aliphatic carbocycles. The maximum atomic E-state index is 12.3. The Bertz CT molecular complexity index is 699. The van der Waals surface area contributed by atoms with Gasteiger partial charge < -0.3 is 10.2 Å². The molecule has 2 amide bonds. The van der Waals surface area contributed by atoms with Crippen LogP contribution in [0.5, 0.6) is 0 Å². The molecule has 0 spiro atoms. The van der Waals surface area contributed by atoms with Crippen molar-refractivity contribution in [2.45, 2.75) is 13.1 Å². The van der Waals surface area contributed by atoms with E-state index >= 15 is 0 Å². The summed E-state index contributed by atoms with van der Waals surface area (Å²) in [6.07, 6.45) is 0. The van der Waals surface area contributed by atoms with Crippen molar-refractivity contribution in [3.8, 4) is 0 Å². The van der Waals surface area contributed by atoms with Gasteiger partial charge in [0.2, 0.25) is 0 Å². The number of carbonyl (C=O) groups excluding carboxylic acids is 1. The van der Waals surface area contributed by atoms with Gasteiger partial charge in [0, 0.05) is 49.2 Å². The highest BCUT2D eigenvalue weighted by molar-refractivity contribution is 7.16. The van der Waals surface area contributed by atoms with E-state index in [0.717, 1.165) is 42.6 Å². The van der Waals surface area contributed by atoms with Crippen molar-refractivity contribution in [3.63, 3.8) is 0 Å². The average molecular weight is 384 g/mol. The third-order valence-corrected chi connectivity index (χ3v) is 5.45. The average Bonchev–Trinajstić information content (AvgIpc) is 2.98. The third kappa shape index (κ3) is 4.86. The molecule has 0 atom stereocenters. The van der Waals surface area contributed by atoms with Crippen LogP contribution in [0.3, 0.4) is 0 Å². The molecule has 7 heteroatoms. The Morgan fingerprint density at radius 2 is 1.92 bits per heavy atom. The third-order valence-electron chi connectivity index (χ3n) is 4.00. The van der Waals surface area contributed by atoms with Crippen LogP contribution in [-0.4, -0.2) is 42.0 Å². The van der Waals surface area contributed by atoms with Crippen LogP contribution in [0.2, 0.25) is 9.36 Å². The molecule has 3 rings (SSSR count). The molecular formula is C17H19Cl2N3OS. The van der Waals surface area contributed by atoms with E-state index in [2.05, 4.69) is 16.3 Å². The Morgan fingerprint density at radius 1 is 1.12 bits per heavy atom. The fraction of sp³-hybridized carbons (Fsp3) is 0.353. The van der Waals surface area contributed by atoms with Gasteiger partial charge in [0.1, 0.15) is 0 Å². The van der Waals surface area contributed by atoms with E-state index in [0.29, 0.717) is 11.6 Å². The zero-order chi connectivity index (χ0) is 16.9. The van der Waals surface area contributed by atoms with Crippen molar-refractivity contribution in [2.24, 2.45) is 0 Å². The molecule has 1 fully saturated rings.